The van der Waals surface area contributed by atoms with Gasteiger partial charge in [0.15, 0.2) is 0 Å². The van der Waals surface area contributed by atoms with Crippen molar-refractivity contribution in [3.05, 3.63) is 88.5 Å². The van der Waals surface area contributed by atoms with Crippen molar-refractivity contribution in [2.75, 3.05) is 7.11 Å². The fraction of sp³-hybridized carbons (Fsp3) is 0.136. The zero-order chi connectivity index (χ0) is 21.1. The molecular formula is C22H20BrN5O2. The van der Waals surface area contributed by atoms with Crippen molar-refractivity contribution in [2.24, 2.45) is 7.05 Å². The molecule has 7 nitrogen and oxygen atoms in total. The van der Waals surface area contributed by atoms with Gasteiger partial charge in [-0.15, -0.1) is 0 Å². The van der Waals surface area contributed by atoms with E-state index in [1.165, 1.54) is 0 Å². The van der Waals surface area contributed by atoms with E-state index in [1.54, 1.807) is 19.4 Å². The lowest BCUT2D eigenvalue weighted by Crippen LogP contribution is -2.31. The standard InChI is InChI=1S/C22H20BrN5O2/c1-28-12-11-24-21(28)20(15-5-9-17(30-2)10-6-15)25-22(29)19-13-18(26-27-19)14-3-7-16(23)8-4-14/h3-13,20H,1-2H3,(H,25,29)(H,26,27). The van der Waals surface area contributed by atoms with Gasteiger partial charge < -0.3 is 14.6 Å². The molecule has 0 aliphatic carbocycles. The fourth-order valence-corrected chi connectivity index (χ4v) is 3.43. The van der Waals surface area contributed by atoms with Crippen molar-refractivity contribution in [3.63, 3.8) is 0 Å². The highest BCUT2D eigenvalue weighted by Gasteiger charge is 2.22. The molecule has 0 saturated carbocycles. The Morgan fingerprint density at radius 3 is 2.53 bits per heavy atom. The normalized spacial score (nSPS) is 11.8. The van der Waals surface area contributed by atoms with E-state index < -0.39 is 6.04 Å². The molecule has 30 heavy (non-hydrogen) atoms. The molecular weight excluding hydrogens is 446 g/mol. The first-order valence-electron chi connectivity index (χ1n) is 9.28. The largest absolute Gasteiger partial charge is 0.497 e. The molecule has 0 radical (unpaired) electrons. The zero-order valence-corrected chi connectivity index (χ0v) is 18.1. The van der Waals surface area contributed by atoms with Crippen molar-refractivity contribution in [3.8, 4) is 17.0 Å². The Balaban J connectivity index is 1.60. The Morgan fingerprint density at radius 1 is 1.17 bits per heavy atom. The van der Waals surface area contributed by atoms with Gasteiger partial charge in [0, 0.05) is 29.5 Å². The van der Waals surface area contributed by atoms with Crippen LogP contribution in [-0.2, 0) is 7.05 Å². The number of hydrogen-bond acceptors (Lipinski definition) is 4. The number of nitrogens with zero attached hydrogens (tertiary/aromatic N) is 3. The lowest BCUT2D eigenvalue weighted by atomic mass is 10.1. The third-order valence-electron chi connectivity index (χ3n) is 4.80. The number of H-pyrrole nitrogens is 1. The molecule has 0 spiro atoms. The number of imidazole rings is 1. The predicted molar refractivity (Wildman–Crippen MR) is 117 cm³/mol. The van der Waals surface area contributed by atoms with Gasteiger partial charge in [-0.25, -0.2) is 4.98 Å². The Kier molecular flexibility index (Phi) is 5.67. The number of carbonyl (C=O) groups is 1. The average molecular weight is 466 g/mol. The van der Waals surface area contributed by atoms with E-state index in [4.69, 9.17) is 4.74 Å². The maximum atomic E-state index is 13.0. The van der Waals surface area contributed by atoms with Gasteiger partial charge >= 0.3 is 0 Å². The van der Waals surface area contributed by atoms with Gasteiger partial charge in [0.05, 0.1) is 12.8 Å². The van der Waals surface area contributed by atoms with E-state index in [0.29, 0.717) is 11.4 Å². The van der Waals surface area contributed by atoms with Crippen LogP contribution < -0.4 is 10.1 Å². The Hall–Kier alpha value is -3.39. The fourth-order valence-electron chi connectivity index (χ4n) is 3.16. The number of benzene rings is 2. The lowest BCUT2D eigenvalue weighted by Gasteiger charge is -2.19. The molecule has 1 unspecified atom stereocenters. The van der Waals surface area contributed by atoms with Crippen LogP contribution in [0.3, 0.4) is 0 Å². The summed E-state index contributed by atoms with van der Waals surface area (Å²) in [6.45, 7) is 0. The second kappa shape index (κ2) is 8.54. The number of hydrogen-bond donors (Lipinski definition) is 2. The molecule has 8 heteroatoms. The van der Waals surface area contributed by atoms with Crippen LogP contribution in [0.4, 0.5) is 0 Å². The number of aromatic amines is 1. The molecule has 0 aliphatic heterocycles. The first kappa shape index (κ1) is 19.9. The van der Waals surface area contributed by atoms with Crippen LogP contribution in [0.5, 0.6) is 5.75 Å². The summed E-state index contributed by atoms with van der Waals surface area (Å²) in [7, 11) is 3.52. The Labute approximate surface area is 182 Å². The van der Waals surface area contributed by atoms with Gasteiger partial charge in [-0.2, -0.15) is 5.10 Å². The maximum absolute atomic E-state index is 13.0. The van der Waals surface area contributed by atoms with Crippen LogP contribution in [-0.4, -0.2) is 32.8 Å². The zero-order valence-electron chi connectivity index (χ0n) is 16.5. The highest BCUT2D eigenvalue weighted by Crippen LogP contribution is 2.24. The smallest absolute Gasteiger partial charge is 0.270 e. The number of rotatable bonds is 6. The molecule has 2 heterocycles. The number of amides is 1. The molecule has 4 rings (SSSR count). The van der Waals surface area contributed by atoms with E-state index >= 15 is 0 Å². The quantitative estimate of drug-likeness (QED) is 0.448. The number of methoxy groups -OCH3 is 1. The molecule has 2 aromatic heterocycles. The minimum Gasteiger partial charge on any atom is -0.497 e. The lowest BCUT2D eigenvalue weighted by molar-refractivity contribution is 0.0936. The Morgan fingerprint density at radius 2 is 1.90 bits per heavy atom. The highest BCUT2D eigenvalue weighted by molar-refractivity contribution is 9.10. The van der Waals surface area contributed by atoms with Gasteiger partial charge in [-0.1, -0.05) is 40.2 Å². The number of halogens is 1. The monoisotopic (exact) mass is 465 g/mol. The molecule has 152 valence electrons. The van der Waals surface area contributed by atoms with Crippen LogP contribution in [0.25, 0.3) is 11.3 Å². The number of carbonyl (C=O) groups excluding carboxylic acids is 1. The predicted octanol–water partition coefficient (Wildman–Crippen LogP) is 4.10. The maximum Gasteiger partial charge on any atom is 0.270 e. The van der Waals surface area contributed by atoms with Gasteiger partial charge in [-0.3, -0.25) is 9.89 Å². The summed E-state index contributed by atoms with van der Waals surface area (Å²) in [5.74, 6) is 1.20. The molecule has 1 atom stereocenters. The van der Waals surface area contributed by atoms with Crippen LogP contribution in [0.2, 0.25) is 0 Å². The van der Waals surface area contributed by atoms with E-state index in [-0.39, 0.29) is 5.91 Å². The number of nitrogens with one attached hydrogen (secondary N) is 2. The highest BCUT2D eigenvalue weighted by atomic mass is 79.9. The first-order chi connectivity index (χ1) is 14.5. The van der Waals surface area contributed by atoms with E-state index in [2.05, 4.69) is 36.4 Å². The molecule has 0 fully saturated rings. The summed E-state index contributed by atoms with van der Waals surface area (Å²) < 4.78 is 8.11. The van der Waals surface area contributed by atoms with Crippen molar-refractivity contribution in [2.45, 2.75) is 6.04 Å². The summed E-state index contributed by atoms with van der Waals surface area (Å²) in [6, 6.07) is 16.6. The summed E-state index contributed by atoms with van der Waals surface area (Å²) in [4.78, 5) is 17.4. The second-order valence-electron chi connectivity index (χ2n) is 6.75. The van der Waals surface area contributed by atoms with Crippen molar-refractivity contribution >= 4 is 21.8 Å². The SMILES string of the molecule is COc1ccc(C(NC(=O)c2cc(-c3ccc(Br)cc3)n[nH]2)c2nccn2C)cc1. The third-order valence-corrected chi connectivity index (χ3v) is 5.33. The van der Waals surface area contributed by atoms with Crippen LogP contribution >= 0.6 is 15.9 Å². The second-order valence-corrected chi connectivity index (χ2v) is 7.67. The van der Waals surface area contributed by atoms with Crippen LogP contribution in [0, 0.1) is 0 Å². The van der Waals surface area contributed by atoms with E-state index in [0.717, 1.165) is 27.2 Å². The third kappa shape index (κ3) is 4.13. The molecule has 2 N–H and O–H groups in total. The average Bonchev–Trinajstić information content (AvgIpc) is 3.42. The summed E-state index contributed by atoms with van der Waals surface area (Å²) in [5, 5.41) is 10.2. The first-order valence-corrected chi connectivity index (χ1v) is 10.1. The number of aryl methyl sites for hydroxylation is 1. The molecule has 0 bridgehead atoms. The van der Waals surface area contributed by atoms with Crippen molar-refractivity contribution in [1.82, 2.24) is 25.1 Å². The van der Waals surface area contributed by atoms with Gasteiger partial charge in [0.25, 0.3) is 5.91 Å². The summed E-state index contributed by atoms with van der Waals surface area (Å²) in [6.07, 6.45) is 3.56. The van der Waals surface area contributed by atoms with Gasteiger partial charge in [0.2, 0.25) is 0 Å². The van der Waals surface area contributed by atoms with E-state index in [9.17, 15) is 4.79 Å². The summed E-state index contributed by atoms with van der Waals surface area (Å²) in [5.41, 5.74) is 2.89. The van der Waals surface area contributed by atoms with E-state index in [1.807, 2.05) is 66.3 Å². The van der Waals surface area contributed by atoms with Crippen molar-refractivity contribution in [1.29, 1.82) is 0 Å². The molecule has 0 saturated heterocycles. The minimum absolute atomic E-state index is 0.269. The molecule has 1 amide bonds. The number of aromatic nitrogens is 4. The Bertz CT molecular complexity index is 1150. The molecule has 4 aromatic rings. The molecule has 2 aromatic carbocycles. The molecule has 0 aliphatic rings. The summed E-state index contributed by atoms with van der Waals surface area (Å²) >= 11 is 3.42. The van der Waals surface area contributed by atoms with Crippen molar-refractivity contribution < 1.29 is 9.53 Å². The van der Waals surface area contributed by atoms with Gasteiger partial charge in [0.1, 0.15) is 23.3 Å². The minimum atomic E-state index is -0.428. The van der Waals surface area contributed by atoms with Crippen LogP contribution in [0.1, 0.15) is 27.9 Å². The van der Waals surface area contributed by atoms with Gasteiger partial charge in [-0.05, 0) is 35.9 Å². The topological polar surface area (TPSA) is 84.8 Å². The number of ether oxygens (including phenoxy) is 1. The van der Waals surface area contributed by atoms with Crippen LogP contribution in [0.15, 0.2) is 71.5 Å².